The largest absolute Gasteiger partial charge is 0.344 e. The summed E-state index contributed by atoms with van der Waals surface area (Å²) in [5, 5.41) is 8.04. The van der Waals surface area contributed by atoms with Gasteiger partial charge in [0.2, 0.25) is 11.8 Å². The van der Waals surface area contributed by atoms with Crippen molar-refractivity contribution in [2.45, 2.75) is 31.8 Å². The second-order valence-corrected chi connectivity index (χ2v) is 6.20. The minimum atomic E-state index is -0.539. The number of benzene rings is 1. The van der Waals surface area contributed by atoms with Crippen molar-refractivity contribution >= 4 is 23.4 Å². The molecule has 2 aliphatic heterocycles. The predicted octanol–water partition coefficient (Wildman–Crippen LogP) is 0.651. The van der Waals surface area contributed by atoms with E-state index in [4.69, 9.17) is 0 Å². The maximum Gasteiger partial charge on any atom is 0.268 e. The molecule has 0 aliphatic carbocycles. The molecule has 1 aromatic carbocycles. The third-order valence-corrected chi connectivity index (χ3v) is 4.35. The van der Waals surface area contributed by atoms with Crippen LogP contribution in [-0.2, 0) is 20.9 Å². The minimum Gasteiger partial charge on any atom is -0.344 e. The fourth-order valence-corrected chi connectivity index (χ4v) is 2.85. The van der Waals surface area contributed by atoms with Crippen molar-refractivity contribution in [3.8, 4) is 0 Å². The minimum absolute atomic E-state index is 0.121. The molecule has 2 heterocycles. The summed E-state index contributed by atoms with van der Waals surface area (Å²) in [6.07, 6.45) is 0.972. The first-order valence-electron chi connectivity index (χ1n) is 8.12. The van der Waals surface area contributed by atoms with Crippen molar-refractivity contribution in [3.05, 3.63) is 35.6 Å². The zero-order valence-electron chi connectivity index (χ0n) is 13.9. The lowest BCUT2D eigenvalue weighted by Gasteiger charge is -2.23. The molecule has 0 saturated carbocycles. The zero-order valence-corrected chi connectivity index (χ0v) is 13.9. The van der Waals surface area contributed by atoms with Gasteiger partial charge >= 0.3 is 0 Å². The van der Waals surface area contributed by atoms with Gasteiger partial charge in [-0.25, -0.2) is 9.40 Å². The Kier molecular flexibility index (Phi) is 4.78. The molecule has 7 nitrogen and oxygen atoms in total. The quantitative estimate of drug-likeness (QED) is 0.869. The number of rotatable bonds is 4. The van der Waals surface area contributed by atoms with Crippen LogP contribution in [0, 0.1) is 5.82 Å². The van der Waals surface area contributed by atoms with Gasteiger partial charge < -0.3 is 10.2 Å². The summed E-state index contributed by atoms with van der Waals surface area (Å²) in [6.45, 7) is 0.770. The summed E-state index contributed by atoms with van der Waals surface area (Å²) in [6, 6.07) is 5.22. The maximum atomic E-state index is 13.0. The number of halogens is 1. The first-order chi connectivity index (χ1) is 11.9. The molecule has 0 unspecified atom stereocenters. The van der Waals surface area contributed by atoms with Crippen molar-refractivity contribution in [3.63, 3.8) is 0 Å². The summed E-state index contributed by atoms with van der Waals surface area (Å²) in [5.41, 5.74) is 0.941. The van der Waals surface area contributed by atoms with Crippen molar-refractivity contribution in [2.75, 3.05) is 13.6 Å². The fourth-order valence-electron chi connectivity index (χ4n) is 2.85. The van der Waals surface area contributed by atoms with Gasteiger partial charge in [-0.1, -0.05) is 12.1 Å². The number of amides is 3. The summed E-state index contributed by atoms with van der Waals surface area (Å²) in [7, 11) is 1.69. The van der Waals surface area contributed by atoms with Crippen LogP contribution in [0.4, 0.5) is 4.39 Å². The van der Waals surface area contributed by atoms with Crippen molar-refractivity contribution in [1.82, 2.24) is 15.2 Å². The topological polar surface area (TPSA) is 82.1 Å². The van der Waals surface area contributed by atoms with Gasteiger partial charge in [0.05, 0.1) is 6.54 Å². The molecule has 1 aromatic rings. The highest BCUT2D eigenvalue weighted by Crippen LogP contribution is 2.15. The third kappa shape index (κ3) is 3.84. The number of carbonyl (C=O) groups excluding carboxylic acids is 3. The second-order valence-electron chi connectivity index (χ2n) is 6.20. The van der Waals surface area contributed by atoms with Crippen LogP contribution in [0.25, 0.3) is 0 Å². The normalized spacial score (nSPS) is 20.7. The Bertz CT molecular complexity index is 732. The molecule has 3 rings (SSSR count). The molecule has 1 saturated heterocycles. The molecular formula is C17H19FN4O3. The van der Waals surface area contributed by atoms with E-state index in [9.17, 15) is 18.8 Å². The molecule has 0 bridgehead atoms. The highest BCUT2D eigenvalue weighted by Gasteiger charge is 2.32. The van der Waals surface area contributed by atoms with E-state index in [0.29, 0.717) is 18.5 Å². The summed E-state index contributed by atoms with van der Waals surface area (Å²) in [5.74, 6) is -1.10. The van der Waals surface area contributed by atoms with Crippen LogP contribution in [0.1, 0.15) is 24.8 Å². The molecule has 0 aromatic heterocycles. The Morgan fingerprint density at radius 3 is 2.64 bits per heavy atom. The molecule has 1 fully saturated rings. The van der Waals surface area contributed by atoms with E-state index in [0.717, 1.165) is 0 Å². The Morgan fingerprint density at radius 1 is 1.28 bits per heavy atom. The fraction of sp³-hybridized carbons (Fsp3) is 0.412. The van der Waals surface area contributed by atoms with Crippen LogP contribution in [-0.4, -0.2) is 53.0 Å². The summed E-state index contributed by atoms with van der Waals surface area (Å²) >= 11 is 0. The SMILES string of the molecule is CN1CC[C@H](NC(=O)C2=NN(Cc3ccc(F)cc3)C(=O)CC2)C1=O. The number of likely N-dealkylation sites (N-methyl/N-ethyl adjacent to an activating group) is 1. The Balaban J connectivity index is 1.68. The maximum absolute atomic E-state index is 13.0. The Labute approximate surface area is 144 Å². The van der Waals surface area contributed by atoms with E-state index in [1.807, 2.05) is 0 Å². The molecule has 2 aliphatic rings. The number of nitrogens with one attached hydrogen (secondary N) is 1. The number of hydrogen-bond acceptors (Lipinski definition) is 4. The van der Waals surface area contributed by atoms with Crippen LogP contribution in [0.15, 0.2) is 29.4 Å². The molecule has 25 heavy (non-hydrogen) atoms. The lowest BCUT2D eigenvalue weighted by Crippen LogP contribution is -2.45. The molecule has 1 atom stereocenters. The average Bonchev–Trinajstić information content (AvgIpc) is 2.91. The monoisotopic (exact) mass is 346 g/mol. The number of likely N-dealkylation sites (tertiary alicyclic amines) is 1. The average molecular weight is 346 g/mol. The first kappa shape index (κ1) is 17.1. The molecule has 0 radical (unpaired) electrons. The summed E-state index contributed by atoms with van der Waals surface area (Å²) < 4.78 is 13.0. The van der Waals surface area contributed by atoms with E-state index in [2.05, 4.69) is 10.4 Å². The lowest BCUT2D eigenvalue weighted by molar-refractivity contribution is -0.133. The lowest BCUT2D eigenvalue weighted by atomic mass is 10.1. The van der Waals surface area contributed by atoms with Gasteiger partial charge in [-0.3, -0.25) is 14.4 Å². The van der Waals surface area contributed by atoms with Gasteiger partial charge in [-0.15, -0.1) is 0 Å². The molecule has 132 valence electrons. The smallest absolute Gasteiger partial charge is 0.268 e. The number of hydrazone groups is 1. The molecule has 1 N–H and O–H groups in total. The van der Waals surface area contributed by atoms with Crippen LogP contribution >= 0.6 is 0 Å². The van der Waals surface area contributed by atoms with E-state index in [1.54, 1.807) is 24.1 Å². The van der Waals surface area contributed by atoms with Crippen molar-refractivity contribution in [1.29, 1.82) is 0 Å². The van der Waals surface area contributed by atoms with E-state index < -0.39 is 11.9 Å². The second kappa shape index (κ2) is 7.00. The molecule has 8 heteroatoms. The van der Waals surface area contributed by atoms with Gasteiger partial charge in [0.1, 0.15) is 17.6 Å². The van der Waals surface area contributed by atoms with Crippen molar-refractivity contribution in [2.24, 2.45) is 5.10 Å². The van der Waals surface area contributed by atoms with Crippen LogP contribution < -0.4 is 5.32 Å². The highest BCUT2D eigenvalue weighted by molar-refractivity contribution is 6.39. The van der Waals surface area contributed by atoms with E-state index in [-0.39, 0.29) is 42.7 Å². The molecular weight excluding hydrogens is 327 g/mol. The van der Waals surface area contributed by atoms with Crippen LogP contribution in [0.2, 0.25) is 0 Å². The van der Waals surface area contributed by atoms with Gasteiger partial charge in [0, 0.05) is 26.4 Å². The van der Waals surface area contributed by atoms with Gasteiger partial charge in [0.25, 0.3) is 5.91 Å². The molecule has 3 amide bonds. The third-order valence-electron chi connectivity index (χ3n) is 4.35. The van der Waals surface area contributed by atoms with Gasteiger partial charge in [0.15, 0.2) is 0 Å². The Morgan fingerprint density at radius 2 is 2.00 bits per heavy atom. The molecule has 0 spiro atoms. The van der Waals surface area contributed by atoms with Crippen LogP contribution in [0.3, 0.4) is 0 Å². The first-order valence-corrected chi connectivity index (χ1v) is 8.12. The number of hydrogen-bond donors (Lipinski definition) is 1. The highest BCUT2D eigenvalue weighted by atomic mass is 19.1. The number of nitrogens with zero attached hydrogens (tertiary/aromatic N) is 3. The predicted molar refractivity (Wildman–Crippen MR) is 87.8 cm³/mol. The van der Waals surface area contributed by atoms with Crippen LogP contribution in [0.5, 0.6) is 0 Å². The summed E-state index contributed by atoms with van der Waals surface area (Å²) in [4.78, 5) is 37.8. The number of carbonyl (C=O) groups is 3. The van der Waals surface area contributed by atoms with Gasteiger partial charge in [-0.05, 0) is 24.1 Å². The standard InChI is InChI=1S/C17H19FN4O3/c1-21-9-8-14(17(21)25)19-16(24)13-6-7-15(23)22(20-13)10-11-2-4-12(18)5-3-11/h2-5,14H,6-10H2,1H3,(H,19,24)/t14-/m0/s1. The van der Waals surface area contributed by atoms with E-state index >= 15 is 0 Å². The van der Waals surface area contributed by atoms with E-state index in [1.165, 1.54) is 17.1 Å². The van der Waals surface area contributed by atoms with Crippen molar-refractivity contribution < 1.29 is 18.8 Å². The van der Waals surface area contributed by atoms with Gasteiger partial charge in [-0.2, -0.15) is 5.10 Å². The zero-order chi connectivity index (χ0) is 18.0. The Hall–Kier alpha value is -2.77.